The normalized spacial score (nSPS) is 20.0. The van der Waals surface area contributed by atoms with Gasteiger partial charge in [0.15, 0.2) is 5.71 Å². The highest BCUT2D eigenvalue weighted by atomic mass is 32.2. The summed E-state index contributed by atoms with van der Waals surface area (Å²) in [6, 6.07) is 2.06. The molecule has 4 rings (SSSR count). The van der Waals surface area contributed by atoms with Crippen LogP contribution in [0.15, 0.2) is 39.9 Å². The molecule has 2 aliphatic heterocycles. The first kappa shape index (κ1) is 23.5. The predicted octanol–water partition coefficient (Wildman–Crippen LogP) is -0.931. The molecule has 0 radical (unpaired) electrons. The van der Waals surface area contributed by atoms with Gasteiger partial charge in [-0.2, -0.15) is 0 Å². The number of fused-ring (bicyclic) bond motifs is 1. The summed E-state index contributed by atoms with van der Waals surface area (Å²) in [5.41, 5.74) is 6.60. The summed E-state index contributed by atoms with van der Waals surface area (Å²) in [5.74, 6) is -1.81. The third kappa shape index (κ3) is 4.41. The summed E-state index contributed by atoms with van der Waals surface area (Å²) >= 11 is 2.62. The largest absolute Gasteiger partial charge is 0.477 e. The number of aliphatic carboxylic acids is 1. The number of anilines is 1. The number of thioether (sulfide) groups is 2. The second-order valence-corrected chi connectivity index (χ2v) is 9.14. The van der Waals surface area contributed by atoms with Gasteiger partial charge in [0.1, 0.15) is 24.2 Å². The Hall–Kier alpha value is -3.66. The van der Waals surface area contributed by atoms with Gasteiger partial charge in [0.2, 0.25) is 5.16 Å². The number of rotatable bonds is 8. The number of oxime groups is 1. The summed E-state index contributed by atoms with van der Waals surface area (Å²) in [6.07, 6.45) is 1.41. The highest BCUT2D eigenvalue weighted by Gasteiger charge is 2.54. The van der Waals surface area contributed by atoms with Crippen molar-refractivity contribution in [2.24, 2.45) is 12.2 Å². The van der Waals surface area contributed by atoms with E-state index in [4.69, 9.17) is 10.6 Å². The Bertz CT molecular complexity index is 1210. The van der Waals surface area contributed by atoms with Gasteiger partial charge in [-0.15, -0.1) is 16.9 Å². The van der Waals surface area contributed by atoms with Crippen molar-refractivity contribution < 1.29 is 24.3 Å². The van der Waals surface area contributed by atoms with E-state index in [0.717, 1.165) is 0 Å². The van der Waals surface area contributed by atoms with Gasteiger partial charge in [0.05, 0.1) is 5.69 Å². The van der Waals surface area contributed by atoms with Crippen LogP contribution in [0, 0.1) is 0 Å². The highest BCUT2D eigenvalue weighted by Crippen LogP contribution is 2.41. The third-order valence-corrected chi connectivity index (χ3v) is 7.35. The number of carbonyl (C=O) groups excluding carboxylic acids is 2. The van der Waals surface area contributed by atoms with Crippen LogP contribution in [0.2, 0.25) is 0 Å². The van der Waals surface area contributed by atoms with Gasteiger partial charge < -0.3 is 21.0 Å². The molecule has 1 saturated heterocycles. The van der Waals surface area contributed by atoms with E-state index < -0.39 is 29.2 Å². The molecule has 4 heterocycles. The van der Waals surface area contributed by atoms with Gasteiger partial charge in [-0.3, -0.25) is 19.5 Å². The van der Waals surface area contributed by atoms with Gasteiger partial charge in [-0.25, -0.2) is 9.48 Å². The molecule has 16 heteroatoms. The summed E-state index contributed by atoms with van der Waals surface area (Å²) in [6.45, 7) is 0. The quantitative estimate of drug-likeness (QED) is 0.173. The first-order valence-electron chi connectivity index (χ1n) is 9.71. The minimum atomic E-state index is -1.22. The Morgan fingerprint density at radius 1 is 1.47 bits per heavy atom. The second kappa shape index (κ2) is 9.68. The van der Waals surface area contributed by atoms with Crippen LogP contribution in [0.4, 0.5) is 5.69 Å². The molecule has 0 saturated carbocycles. The zero-order valence-electron chi connectivity index (χ0n) is 17.9. The maximum absolute atomic E-state index is 12.9. The fraction of sp³-hybridized carbons (Fsp3) is 0.333. The average Bonchev–Trinajstić information content (AvgIpc) is 3.23. The van der Waals surface area contributed by atoms with Crippen molar-refractivity contribution in [2.45, 2.75) is 16.6 Å². The van der Waals surface area contributed by atoms with Crippen LogP contribution in [-0.4, -0.2) is 88.7 Å². The molecule has 2 atom stereocenters. The van der Waals surface area contributed by atoms with E-state index in [1.165, 1.54) is 52.5 Å². The van der Waals surface area contributed by atoms with E-state index in [9.17, 15) is 19.5 Å². The number of pyridine rings is 1. The maximum Gasteiger partial charge on any atom is 0.352 e. The number of aromatic nitrogens is 5. The lowest BCUT2D eigenvalue weighted by Gasteiger charge is -2.49. The van der Waals surface area contributed by atoms with E-state index in [0.29, 0.717) is 27.9 Å². The Balaban J connectivity index is 1.50. The molecular weight excluding hydrogens is 486 g/mol. The summed E-state index contributed by atoms with van der Waals surface area (Å²) in [7, 11) is 2.94. The predicted molar refractivity (Wildman–Crippen MR) is 121 cm³/mol. The van der Waals surface area contributed by atoms with E-state index in [1.807, 2.05) is 0 Å². The topological polar surface area (TPSA) is 191 Å². The van der Waals surface area contributed by atoms with Gasteiger partial charge in [-0.05, 0) is 28.1 Å². The molecule has 0 aromatic carbocycles. The van der Waals surface area contributed by atoms with Crippen LogP contribution in [0.25, 0.3) is 0 Å². The lowest BCUT2D eigenvalue weighted by atomic mass is 10.0. The van der Waals surface area contributed by atoms with Crippen LogP contribution in [0.1, 0.15) is 5.69 Å². The number of nitrogens with zero attached hydrogens (tertiary/aromatic N) is 7. The molecule has 178 valence electrons. The van der Waals surface area contributed by atoms with Crippen molar-refractivity contribution in [2.75, 3.05) is 24.3 Å². The molecule has 0 spiro atoms. The van der Waals surface area contributed by atoms with Crippen LogP contribution < -0.4 is 11.1 Å². The molecule has 0 aliphatic carbocycles. The van der Waals surface area contributed by atoms with Crippen molar-refractivity contribution in [3.63, 3.8) is 0 Å². The van der Waals surface area contributed by atoms with Crippen molar-refractivity contribution in [3.8, 4) is 0 Å². The number of hydrogen-bond acceptors (Lipinski definition) is 12. The standard InChI is InChI=1S/C18H19N9O5S2/c1-26-18(22-24-25-26)34-7-8-6-33-16-12(15(29)27(16)13(8)17(30)31)21-14(28)11(23-32-2)10-5-9(19)3-4-20-10/h3-5,12,16H,6-7H2,1-2H3,(H2,19,20)(H,21,28)(H,30,31)/t12?,16-/m0/s1. The molecule has 1 unspecified atom stereocenters. The number of carbonyl (C=O) groups is 3. The second-order valence-electron chi connectivity index (χ2n) is 7.09. The number of carboxylic acids is 1. The molecule has 2 amide bonds. The highest BCUT2D eigenvalue weighted by molar-refractivity contribution is 8.01. The maximum atomic E-state index is 12.9. The number of nitrogens with two attached hydrogens (primary N) is 1. The first-order valence-corrected chi connectivity index (χ1v) is 11.7. The van der Waals surface area contributed by atoms with Crippen LogP contribution >= 0.6 is 23.5 Å². The number of nitrogens with one attached hydrogen (secondary N) is 1. The molecule has 2 aromatic heterocycles. The minimum Gasteiger partial charge on any atom is -0.477 e. The van der Waals surface area contributed by atoms with Gasteiger partial charge in [0.25, 0.3) is 11.8 Å². The lowest BCUT2D eigenvalue weighted by Crippen LogP contribution is -2.71. The third-order valence-electron chi connectivity index (χ3n) is 4.92. The van der Waals surface area contributed by atoms with Gasteiger partial charge in [-0.1, -0.05) is 16.9 Å². The summed E-state index contributed by atoms with van der Waals surface area (Å²) in [5, 5.41) is 27.2. The minimum absolute atomic E-state index is 0.0924. The van der Waals surface area contributed by atoms with E-state index in [1.54, 1.807) is 13.1 Å². The number of hydrogen-bond donors (Lipinski definition) is 3. The first-order chi connectivity index (χ1) is 16.3. The lowest BCUT2D eigenvalue weighted by molar-refractivity contribution is -0.150. The monoisotopic (exact) mass is 505 g/mol. The van der Waals surface area contributed by atoms with E-state index >= 15 is 0 Å². The van der Waals surface area contributed by atoms with Crippen LogP contribution in [0.3, 0.4) is 0 Å². The number of amides is 2. The summed E-state index contributed by atoms with van der Waals surface area (Å²) < 4.78 is 1.47. The SMILES string of the molecule is CON=C(C(=O)NC1C(=O)N2C(C(=O)O)=C(CSc3nnnn3C)CS[C@@H]12)c1cc(N)ccn1. The fourth-order valence-corrected chi connectivity index (χ4v) is 5.71. The zero-order chi connectivity index (χ0) is 24.4. The van der Waals surface area contributed by atoms with Crippen molar-refractivity contribution >= 4 is 52.7 Å². The Morgan fingerprint density at radius 2 is 2.26 bits per heavy atom. The Morgan fingerprint density at radius 3 is 2.91 bits per heavy atom. The molecule has 2 aromatic rings. The molecule has 1 fully saturated rings. The molecule has 2 aliphatic rings. The number of nitrogen functional groups attached to an aromatic ring is 1. The molecule has 34 heavy (non-hydrogen) atoms. The van der Waals surface area contributed by atoms with Gasteiger partial charge >= 0.3 is 5.97 Å². The average molecular weight is 506 g/mol. The smallest absolute Gasteiger partial charge is 0.352 e. The van der Waals surface area contributed by atoms with Crippen molar-refractivity contribution in [1.29, 1.82) is 0 Å². The van der Waals surface area contributed by atoms with E-state index in [-0.39, 0.29) is 17.1 Å². The Labute approximate surface area is 201 Å². The number of aryl methyl sites for hydroxylation is 1. The molecule has 4 N–H and O–H groups in total. The number of carboxylic acid groups (broad SMARTS) is 1. The molecule has 14 nitrogen and oxygen atoms in total. The van der Waals surface area contributed by atoms with Crippen LogP contribution in [0.5, 0.6) is 0 Å². The van der Waals surface area contributed by atoms with Crippen LogP contribution in [-0.2, 0) is 26.3 Å². The summed E-state index contributed by atoms with van der Waals surface area (Å²) in [4.78, 5) is 47.8. The van der Waals surface area contributed by atoms with Crippen molar-refractivity contribution in [1.82, 2.24) is 35.4 Å². The molecular formula is C18H19N9O5S2. The van der Waals surface area contributed by atoms with Gasteiger partial charge in [0, 0.05) is 30.4 Å². The fourth-order valence-electron chi connectivity index (χ4n) is 3.37. The van der Waals surface area contributed by atoms with E-state index in [2.05, 4.69) is 31.0 Å². The zero-order valence-corrected chi connectivity index (χ0v) is 19.5. The number of β-lactam (4-membered cyclic amide) rings is 1. The molecule has 0 bridgehead atoms. The van der Waals surface area contributed by atoms with Crippen molar-refractivity contribution in [3.05, 3.63) is 35.3 Å². The number of tetrazole rings is 1. The Kier molecular flexibility index (Phi) is 6.69.